The van der Waals surface area contributed by atoms with Crippen LogP contribution in [-0.4, -0.2) is 49.3 Å². The maximum Gasteiger partial charge on any atom is 0.314 e. The van der Waals surface area contributed by atoms with Gasteiger partial charge in [0.05, 0.1) is 5.92 Å². The Hall–Kier alpha value is -1.99. The Morgan fingerprint density at radius 1 is 0.594 bits per heavy atom. The molecule has 4 amide bonds. The standard InChI is InChI=1S/C24H48N4O4/c1-3-5-7-9-11-13-17-25-23(31)27-19-15-16-21(22(29)30)20-28-24(32)26-18-14-12-10-8-6-4-2/h21H,3-20H2,1-2H3,(H,29,30)(H2,25,27,31)(H2,26,28,32). The lowest BCUT2D eigenvalue weighted by Gasteiger charge is -2.14. The molecule has 0 aliphatic heterocycles. The number of urea groups is 2. The van der Waals surface area contributed by atoms with Gasteiger partial charge < -0.3 is 26.4 Å². The summed E-state index contributed by atoms with van der Waals surface area (Å²) >= 11 is 0. The number of hydrogen-bond donors (Lipinski definition) is 5. The number of rotatable bonds is 21. The summed E-state index contributed by atoms with van der Waals surface area (Å²) in [5.74, 6) is -1.60. The molecule has 1 unspecified atom stereocenters. The second kappa shape index (κ2) is 22.2. The molecular weight excluding hydrogens is 408 g/mol. The highest BCUT2D eigenvalue weighted by molar-refractivity contribution is 5.76. The van der Waals surface area contributed by atoms with Gasteiger partial charge >= 0.3 is 18.0 Å². The van der Waals surface area contributed by atoms with Crippen LogP contribution in [-0.2, 0) is 4.79 Å². The van der Waals surface area contributed by atoms with Gasteiger partial charge in [-0.25, -0.2) is 9.59 Å². The van der Waals surface area contributed by atoms with E-state index in [-0.39, 0.29) is 18.6 Å². The van der Waals surface area contributed by atoms with Crippen LogP contribution in [0.25, 0.3) is 0 Å². The molecule has 1 atom stereocenters. The van der Waals surface area contributed by atoms with Gasteiger partial charge in [0.25, 0.3) is 0 Å². The minimum Gasteiger partial charge on any atom is -0.481 e. The molecule has 8 heteroatoms. The lowest BCUT2D eigenvalue weighted by atomic mass is 10.0. The van der Waals surface area contributed by atoms with Crippen LogP contribution >= 0.6 is 0 Å². The van der Waals surface area contributed by atoms with Gasteiger partial charge in [0.1, 0.15) is 0 Å². The summed E-state index contributed by atoms with van der Waals surface area (Å²) in [5.41, 5.74) is 0. The number of carbonyl (C=O) groups is 3. The highest BCUT2D eigenvalue weighted by Gasteiger charge is 2.18. The molecule has 5 N–H and O–H groups in total. The maximum atomic E-state index is 11.8. The van der Waals surface area contributed by atoms with Crippen molar-refractivity contribution in [3.05, 3.63) is 0 Å². The molecule has 0 aromatic heterocycles. The second-order valence-corrected chi connectivity index (χ2v) is 8.53. The molecular formula is C24H48N4O4. The normalized spacial score (nSPS) is 11.6. The topological polar surface area (TPSA) is 120 Å². The van der Waals surface area contributed by atoms with E-state index >= 15 is 0 Å². The summed E-state index contributed by atoms with van der Waals surface area (Å²) in [7, 11) is 0. The van der Waals surface area contributed by atoms with Crippen molar-refractivity contribution in [1.82, 2.24) is 21.3 Å². The molecule has 0 rings (SSSR count). The lowest BCUT2D eigenvalue weighted by molar-refractivity contribution is -0.141. The number of carbonyl (C=O) groups excluding carboxylic acids is 2. The number of carboxylic acid groups (broad SMARTS) is 1. The van der Waals surface area contributed by atoms with E-state index < -0.39 is 11.9 Å². The molecule has 0 aromatic rings. The minimum absolute atomic E-state index is 0.0852. The van der Waals surface area contributed by atoms with E-state index in [0.29, 0.717) is 32.5 Å². The fourth-order valence-corrected chi connectivity index (χ4v) is 3.42. The van der Waals surface area contributed by atoms with Gasteiger partial charge in [-0.05, 0) is 25.7 Å². The Morgan fingerprint density at radius 2 is 1.00 bits per heavy atom. The third kappa shape index (κ3) is 19.9. The zero-order valence-electron chi connectivity index (χ0n) is 20.5. The van der Waals surface area contributed by atoms with E-state index in [0.717, 1.165) is 25.7 Å². The molecule has 0 heterocycles. The van der Waals surface area contributed by atoms with E-state index in [9.17, 15) is 19.5 Å². The van der Waals surface area contributed by atoms with Crippen LogP contribution in [0.3, 0.4) is 0 Å². The zero-order valence-corrected chi connectivity index (χ0v) is 20.5. The van der Waals surface area contributed by atoms with Crippen molar-refractivity contribution in [1.29, 1.82) is 0 Å². The highest BCUT2D eigenvalue weighted by atomic mass is 16.4. The van der Waals surface area contributed by atoms with Gasteiger partial charge in [0, 0.05) is 26.2 Å². The molecule has 188 valence electrons. The summed E-state index contributed by atoms with van der Waals surface area (Å²) in [6, 6.07) is -0.533. The number of aliphatic carboxylic acids is 1. The molecule has 0 radical (unpaired) electrons. The summed E-state index contributed by atoms with van der Waals surface area (Å²) in [6.07, 6.45) is 14.9. The number of unbranched alkanes of at least 4 members (excludes halogenated alkanes) is 10. The van der Waals surface area contributed by atoms with Gasteiger partial charge in [-0.1, -0.05) is 78.1 Å². The van der Waals surface area contributed by atoms with Crippen LogP contribution in [0.4, 0.5) is 9.59 Å². The van der Waals surface area contributed by atoms with Gasteiger partial charge in [0.2, 0.25) is 0 Å². The van der Waals surface area contributed by atoms with Crippen molar-refractivity contribution in [2.24, 2.45) is 5.92 Å². The van der Waals surface area contributed by atoms with Gasteiger partial charge in [-0.2, -0.15) is 0 Å². The van der Waals surface area contributed by atoms with E-state index in [1.165, 1.54) is 51.4 Å². The average Bonchev–Trinajstić information content (AvgIpc) is 2.77. The SMILES string of the molecule is CCCCCCCCNC(=O)NCCCC(CNC(=O)NCCCCCCCC)C(=O)O. The van der Waals surface area contributed by atoms with Gasteiger partial charge in [0.15, 0.2) is 0 Å². The molecule has 0 spiro atoms. The number of amides is 4. The molecule has 0 aliphatic carbocycles. The van der Waals surface area contributed by atoms with Crippen molar-refractivity contribution < 1.29 is 19.5 Å². The van der Waals surface area contributed by atoms with Crippen LogP contribution in [0, 0.1) is 5.92 Å². The number of hydrogen-bond acceptors (Lipinski definition) is 3. The van der Waals surface area contributed by atoms with Crippen molar-refractivity contribution in [3.63, 3.8) is 0 Å². The lowest BCUT2D eigenvalue weighted by Crippen LogP contribution is -2.40. The smallest absolute Gasteiger partial charge is 0.314 e. The van der Waals surface area contributed by atoms with E-state index in [4.69, 9.17) is 0 Å². The number of nitrogens with one attached hydrogen (secondary N) is 4. The molecule has 0 saturated heterocycles. The summed E-state index contributed by atoms with van der Waals surface area (Å²) in [6.45, 7) is 6.14. The third-order valence-electron chi connectivity index (χ3n) is 5.50. The predicted octanol–water partition coefficient (Wildman–Crippen LogP) is 4.79. The molecule has 8 nitrogen and oxygen atoms in total. The van der Waals surface area contributed by atoms with Crippen LogP contribution in [0.15, 0.2) is 0 Å². The van der Waals surface area contributed by atoms with Crippen molar-refractivity contribution >= 4 is 18.0 Å². The first-order valence-electron chi connectivity index (χ1n) is 12.8. The molecule has 0 saturated carbocycles. The largest absolute Gasteiger partial charge is 0.481 e. The second-order valence-electron chi connectivity index (χ2n) is 8.53. The molecule has 32 heavy (non-hydrogen) atoms. The Morgan fingerprint density at radius 3 is 1.47 bits per heavy atom. The quantitative estimate of drug-likeness (QED) is 0.160. The fraction of sp³-hybridized carbons (Fsp3) is 0.875. The van der Waals surface area contributed by atoms with Crippen LogP contribution in [0.5, 0.6) is 0 Å². The van der Waals surface area contributed by atoms with E-state index in [2.05, 4.69) is 35.1 Å². The molecule has 0 aromatic carbocycles. The summed E-state index contributed by atoms with van der Waals surface area (Å²) in [5, 5.41) is 20.4. The van der Waals surface area contributed by atoms with Crippen LogP contribution in [0.2, 0.25) is 0 Å². The Labute approximate surface area is 195 Å². The predicted molar refractivity (Wildman–Crippen MR) is 130 cm³/mol. The van der Waals surface area contributed by atoms with Crippen LogP contribution in [0.1, 0.15) is 104 Å². The minimum atomic E-state index is -0.936. The maximum absolute atomic E-state index is 11.8. The number of carboxylic acids is 1. The highest BCUT2D eigenvalue weighted by Crippen LogP contribution is 2.06. The summed E-state index contributed by atoms with van der Waals surface area (Å²) in [4.78, 5) is 35.0. The van der Waals surface area contributed by atoms with Crippen molar-refractivity contribution in [2.45, 2.75) is 104 Å². The third-order valence-corrected chi connectivity index (χ3v) is 5.50. The van der Waals surface area contributed by atoms with Crippen LogP contribution < -0.4 is 21.3 Å². The van der Waals surface area contributed by atoms with Gasteiger partial charge in [-0.3, -0.25) is 4.79 Å². The Balaban J connectivity index is 3.75. The van der Waals surface area contributed by atoms with E-state index in [1.807, 2.05) is 0 Å². The van der Waals surface area contributed by atoms with Crippen molar-refractivity contribution in [3.8, 4) is 0 Å². The monoisotopic (exact) mass is 456 g/mol. The average molecular weight is 457 g/mol. The van der Waals surface area contributed by atoms with Gasteiger partial charge in [-0.15, -0.1) is 0 Å². The van der Waals surface area contributed by atoms with Crippen molar-refractivity contribution in [2.75, 3.05) is 26.2 Å². The summed E-state index contributed by atoms with van der Waals surface area (Å²) < 4.78 is 0. The fourth-order valence-electron chi connectivity index (χ4n) is 3.42. The zero-order chi connectivity index (χ0) is 23.9. The Kier molecular flexibility index (Phi) is 20.8. The Bertz CT molecular complexity index is 489. The first kappa shape index (κ1) is 30.0. The molecule has 0 aliphatic rings. The van der Waals surface area contributed by atoms with E-state index in [1.54, 1.807) is 0 Å². The first-order chi connectivity index (χ1) is 15.5. The molecule has 0 fully saturated rings. The first-order valence-corrected chi connectivity index (χ1v) is 12.8. The molecule has 0 bridgehead atoms.